The molecule has 6 saturated heterocycles. The average Bonchev–Trinajstić information content (AvgIpc) is 1.63. The molecule has 14 rings (SSSR count). The Balaban J connectivity index is 0.000000172. The summed E-state index contributed by atoms with van der Waals surface area (Å²) in [5, 5.41) is 68.1. The van der Waals surface area contributed by atoms with Gasteiger partial charge in [-0.15, -0.1) is 45.3 Å². The van der Waals surface area contributed by atoms with Gasteiger partial charge in [0.05, 0.1) is 56.1 Å². The van der Waals surface area contributed by atoms with Crippen molar-refractivity contribution in [3.63, 3.8) is 0 Å². The van der Waals surface area contributed by atoms with E-state index in [2.05, 4.69) is 134 Å². The van der Waals surface area contributed by atoms with Gasteiger partial charge in [-0.1, -0.05) is 20.8 Å². The van der Waals surface area contributed by atoms with E-state index in [0.717, 1.165) is 137 Å². The third-order valence-electron chi connectivity index (χ3n) is 24.1. The second-order valence-electron chi connectivity index (χ2n) is 41.1. The van der Waals surface area contributed by atoms with E-state index < -0.39 is 48.4 Å². The lowest BCUT2D eigenvalue weighted by Crippen LogP contribution is -2.47. The van der Waals surface area contributed by atoms with Gasteiger partial charge < -0.3 is 86.8 Å². The summed E-state index contributed by atoms with van der Waals surface area (Å²) in [6, 6.07) is 7.87. The number of aryl methyl sites for hydroxylation is 4. The molecule has 37 heteroatoms. The van der Waals surface area contributed by atoms with Crippen LogP contribution in [0.5, 0.6) is 0 Å². The Morgan fingerprint density at radius 3 is 0.978 bits per heavy atom. The lowest BCUT2D eigenvalue weighted by atomic mass is 9.97. The van der Waals surface area contributed by atoms with Crippen molar-refractivity contribution in [3.05, 3.63) is 114 Å². The molecule has 8 aromatic rings. The minimum Gasteiger partial charge on any atom is -0.394 e. The number of carbonyl (C=O) groups is 8. The number of thiazole rings is 4. The van der Waals surface area contributed by atoms with Crippen molar-refractivity contribution in [1.29, 1.82) is 0 Å². The first-order valence-electron chi connectivity index (χ1n) is 46.5. The van der Waals surface area contributed by atoms with Crippen molar-refractivity contribution in [2.75, 3.05) is 93.3 Å². The molecular formula is C97H138N20O13S4. The van der Waals surface area contributed by atoms with E-state index in [1.807, 2.05) is 115 Å². The summed E-state index contributed by atoms with van der Waals surface area (Å²) < 4.78 is 0. The summed E-state index contributed by atoms with van der Waals surface area (Å²) in [5.74, 6) is 1.01. The fourth-order valence-electron chi connectivity index (χ4n) is 16.3. The molecule has 6 aliphatic rings. The lowest BCUT2D eigenvalue weighted by molar-refractivity contribution is 0.0408. The minimum absolute atomic E-state index is 0.107. The van der Waals surface area contributed by atoms with E-state index in [1.165, 1.54) is 34.0 Å². The highest BCUT2D eigenvalue weighted by molar-refractivity contribution is 7.18. The third kappa shape index (κ3) is 26.8. The first kappa shape index (κ1) is 104. The van der Waals surface area contributed by atoms with Crippen molar-refractivity contribution in [2.24, 2.45) is 5.41 Å². The largest absolute Gasteiger partial charge is 0.394 e. The first-order chi connectivity index (χ1) is 62.7. The Morgan fingerprint density at radius 2 is 0.716 bits per heavy atom. The molecule has 8 atom stereocenters. The van der Waals surface area contributed by atoms with Gasteiger partial charge in [-0.25, -0.2) is 39.9 Å². The van der Waals surface area contributed by atoms with E-state index in [0.29, 0.717) is 96.1 Å². The van der Waals surface area contributed by atoms with Crippen LogP contribution in [0.1, 0.15) is 299 Å². The molecule has 0 aliphatic carbocycles. The first-order valence-corrected chi connectivity index (χ1v) is 49.8. The molecule has 8 aromatic heterocycles. The second kappa shape index (κ2) is 43.5. The lowest BCUT2D eigenvalue weighted by Gasteiger charge is -2.26. The second-order valence-corrected chi connectivity index (χ2v) is 45.1. The Morgan fingerprint density at radius 1 is 0.425 bits per heavy atom. The number of pyridine rings is 4. The zero-order chi connectivity index (χ0) is 98.3. The number of β-amino-alcohol motifs (C(OH)–C–C–N with tert-alkyl or cyclic N) is 2. The van der Waals surface area contributed by atoms with Gasteiger partial charge >= 0.3 is 0 Å². The number of likely N-dealkylation sites (tertiary alicyclic amines) is 6. The zero-order valence-electron chi connectivity index (χ0n) is 82.0. The van der Waals surface area contributed by atoms with Crippen molar-refractivity contribution < 1.29 is 63.9 Å². The van der Waals surface area contributed by atoms with Crippen LogP contribution < -0.4 is 31.9 Å². The number of aromatic nitrogens is 8. The van der Waals surface area contributed by atoms with Crippen molar-refractivity contribution in [1.82, 2.24) is 79.9 Å². The molecule has 134 heavy (non-hydrogen) atoms. The highest BCUT2D eigenvalue weighted by atomic mass is 32.1. The number of hydrogen-bond donors (Lipinski definition) is 11. The minimum atomic E-state index is -1.09. The predicted octanol–water partition coefficient (Wildman–Crippen LogP) is 14.0. The summed E-state index contributed by atoms with van der Waals surface area (Å²) in [7, 11) is 0. The number of carbonyl (C=O) groups excluding carboxylic acids is 8. The number of amides is 8. The van der Waals surface area contributed by atoms with Crippen LogP contribution in [0.3, 0.4) is 0 Å². The maximum Gasteiger partial charge on any atom is 0.282 e. The molecule has 728 valence electrons. The molecule has 0 saturated carbocycles. The smallest absolute Gasteiger partial charge is 0.282 e. The Bertz CT molecular complexity index is 5390. The SMILES string of the molecule is Cc1cc(NC(C)(C)C)ncc1-c1sc(C(=O)N2CC[C@@H](O)C2)nc1C(=O)N1CCC[C@@H]1C.Cc1cc(NC(C)(C)C)ncc1-c1sc(C(=O)N2CC[C@H](O)C2)nc1C(=O)N1CCC[C@@H]1C.Cc1cc(NC(C)(C)C)ncc1-c1sc(C(=O)NC[C@@H](O)CO)nc1C(=O)N1CCC[C@@H]1C.Cc1cc(NCC(C)(C)C)ncc1-c1sc(C(=O)N[C@@H](C)C(C)(C)O)nc1C(=O)N1CCC[C@@H]1C. The van der Waals surface area contributed by atoms with Gasteiger partial charge in [0.1, 0.15) is 46.0 Å². The van der Waals surface area contributed by atoms with E-state index in [9.17, 15) is 58.8 Å². The van der Waals surface area contributed by atoms with E-state index >= 15 is 0 Å². The van der Waals surface area contributed by atoms with Crippen LogP contribution in [-0.2, 0) is 0 Å². The zero-order valence-corrected chi connectivity index (χ0v) is 85.2. The Kier molecular flexibility index (Phi) is 33.9. The maximum atomic E-state index is 13.5. The molecule has 0 aromatic carbocycles. The number of aliphatic hydroxyl groups excluding tert-OH is 4. The standard InChI is InChI=1S/C26H39N5O3S.2C24H33N5O3S.C23H33N5O4S/c1-15-12-19(28-14-25(4,5)6)27-13-18(15)21-20(24(33)31-11-9-10-16(31)2)30-23(35-21)22(32)29-17(3)26(7,8)34;2*1-14-11-18(27-24(3,4)5)25-12-17(14)20-19(22(31)29-9-6-7-15(29)2)26-21(33-20)23(32)28-10-8-16(30)13-28;1-13-9-17(27-23(3,4)5)24-11-16(13)19-18(22(32)28-8-6-7-14(28)2)26-21(33-19)20(31)25-10-15(30)12-29/h12-13,16-17,34H,9-11,14H2,1-8H3,(H,27,28)(H,29,32);2*11-12,15-16,30H,6-10,13H2,1-5H3,(H,25,27);9,11,14-15,29-30H,6-8,10,12H2,1-5H3,(H,24,27)(H,25,31)/t16-,17-;15-,16+;15-,16-;14-,15+/m0000/s1. The number of aliphatic hydroxyl groups is 5. The molecule has 14 heterocycles. The van der Waals surface area contributed by atoms with Gasteiger partial charge in [-0.3, -0.25) is 38.4 Å². The molecule has 6 fully saturated rings. The number of rotatable bonds is 22. The van der Waals surface area contributed by atoms with Gasteiger partial charge in [0.2, 0.25) is 0 Å². The average molecular weight is 1920 g/mol. The molecule has 0 bridgehead atoms. The number of nitrogens with zero attached hydrogens (tertiary/aromatic N) is 14. The van der Waals surface area contributed by atoms with Crippen molar-refractivity contribution in [3.8, 4) is 41.8 Å². The monoisotopic (exact) mass is 1920 g/mol. The highest BCUT2D eigenvalue weighted by Crippen LogP contribution is 2.42. The predicted molar refractivity (Wildman–Crippen MR) is 529 cm³/mol. The molecule has 6 aliphatic heterocycles. The number of nitrogens with one attached hydrogen (secondary N) is 6. The van der Waals surface area contributed by atoms with Gasteiger partial charge in [-0.05, 0) is 255 Å². The van der Waals surface area contributed by atoms with Crippen LogP contribution in [-0.4, -0.2) is 285 Å². The number of hydrogen-bond acceptors (Lipinski definition) is 29. The molecule has 8 amide bonds. The third-order valence-corrected chi connectivity index (χ3v) is 28.4. The van der Waals surface area contributed by atoms with Crippen LogP contribution in [0.15, 0.2) is 49.1 Å². The van der Waals surface area contributed by atoms with Crippen molar-refractivity contribution in [2.45, 2.75) is 294 Å². The topological polar surface area (TPSA) is 432 Å². The van der Waals surface area contributed by atoms with Gasteiger partial charge in [0.25, 0.3) is 47.3 Å². The molecule has 0 unspecified atom stereocenters. The summed E-state index contributed by atoms with van der Waals surface area (Å²) in [4.78, 5) is 155. The summed E-state index contributed by atoms with van der Waals surface area (Å²) >= 11 is 4.79. The highest BCUT2D eigenvalue weighted by Gasteiger charge is 2.40. The van der Waals surface area contributed by atoms with E-state index in [4.69, 9.17) is 5.11 Å². The van der Waals surface area contributed by atoms with Crippen LogP contribution in [0.2, 0.25) is 0 Å². The molecular weight excluding hydrogens is 1780 g/mol. The Hall–Kier alpha value is -10.1. The number of anilines is 4. The molecule has 0 radical (unpaired) electrons. The van der Waals surface area contributed by atoms with E-state index in [-0.39, 0.29) is 120 Å². The van der Waals surface area contributed by atoms with Crippen LogP contribution in [0, 0.1) is 33.1 Å². The van der Waals surface area contributed by atoms with Gasteiger partial charge in [0, 0.05) is 153 Å². The summed E-state index contributed by atoms with van der Waals surface area (Å²) in [5.41, 5.74) is 6.70. The van der Waals surface area contributed by atoms with Crippen LogP contribution in [0.25, 0.3) is 41.8 Å². The maximum absolute atomic E-state index is 13.5. The fraction of sp³-hybridized carbons (Fsp3) is 0.588. The molecule has 33 nitrogen and oxygen atoms in total. The normalized spacial score (nSPS) is 19.1. The molecule has 11 N–H and O–H groups in total. The summed E-state index contributed by atoms with van der Waals surface area (Å²) in [6.07, 6.45) is 13.7. The Labute approximate surface area is 803 Å². The van der Waals surface area contributed by atoms with E-state index in [1.54, 1.807) is 60.3 Å². The van der Waals surface area contributed by atoms with Crippen molar-refractivity contribution >= 4 is 116 Å². The quantitative estimate of drug-likeness (QED) is 0.0300. The van der Waals surface area contributed by atoms with Gasteiger partial charge in [0.15, 0.2) is 20.0 Å². The molecule has 0 spiro atoms. The van der Waals surface area contributed by atoms with Crippen LogP contribution in [0.4, 0.5) is 23.3 Å². The van der Waals surface area contributed by atoms with Crippen LogP contribution >= 0.6 is 45.3 Å². The van der Waals surface area contributed by atoms with Gasteiger partial charge in [-0.2, -0.15) is 0 Å². The fourth-order valence-corrected chi connectivity index (χ4v) is 20.6. The summed E-state index contributed by atoms with van der Waals surface area (Å²) in [6.45, 7) is 50.6.